The molecule has 32 heavy (non-hydrogen) atoms. The predicted molar refractivity (Wildman–Crippen MR) is 121 cm³/mol. The third kappa shape index (κ3) is 5.46. The second-order valence-electron chi connectivity index (χ2n) is 6.84. The minimum absolute atomic E-state index is 0.201. The normalized spacial score (nSPS) is 10.5. The van der Waals surface area contributed by atoms with E-state index in [2.05, 4.69) is 10.4 Å². The summed E-state index contributed by atoms with van der Waals surface area (Å²) in [5, 5.41) is 7.11. The molecule has 0 saturated carbocycles. The molecule has 3 rings (SSSR count). The Kier molecular flexibility index (Phi) is 7.85. The topological polar surface area (TPSA) is 91.7 Å². The molecule has 0 unspecified atom stereocenters. The van der Waals surface area contributed by atoms with Gasteiger partial charge in [-0.1, -0.05) is 24.3 Å². The van der Waals surface area contributed by atoms with Gasteiger partial charge in [-0.3, -0.25) is 4.79 Å². The number of ether oxygens (including phenoxy) is 3. The van der Waals surface area contributed by atoms with Crippen molar-refractivity contribution >= 4 is 17.7 Å². The fourth-order valence-electron chi connectivity index (χ4n) is 3.19. The Bertz CT molecular complexity index is 1060. The number of para-hydroxylation sites is 1. The lowest BCUT2D eigenvalue weighted by atomic mass is 10.1. The minimum atomic E-state index is -0.541. The van der Waals surface area contributed by atoms with Crippen LogP contribution in [0.3, 0.4) is 0 Å². The molecule has 1 heterocycles. The van der Waals surface area contributed by atoms with Gasteiger partial charge in [0.1, 0.15) is 5.56 Å². The van der Waals surface area contributed by atoms with Crippen molar-refractivity contribution in [3.63, 3.8) is 0 Å². The van der Waals surface area contributed by atoms with Crippen molar-refractivity contribution < 1.29 is 23.8 Å². The van der Waals surface area contributed by atoms with Crippen LogP contribution in [0.4, 0.5) is 5.82 Å². The average Bonchev–Trinajstić information content (AvgIpc) is 3.22. The lowest BCUT2D eigenvalue weighted by molar-refractivity contribution is -0.116. The highest BCUT2D eigenvalue weighted by Crippen LogP contribution is 2.28. The number of nitrogens with one attached hydrogen (secondary N) is 1. The number of hydrogen-bond acceptors (Lipinski definition) is 6. The Morgan fingerprint density at radius 2 is 1.81 bits per heavy atom. The summed E-state index contributed by atoms with van der Waals surface area (Å²) in [5.41, 5.74) is 1.85. The van der Waals surface area contributed by atoms with Crippen LogP contribution in [0.1, 0.15) is 36.2 Å². The molecule has 0 saturated heterocycles. The molecular weight excluding hydrogens is 410 g/mol. The molecule has 1 amide bonds. The van der Waals surface area contributed by atoms with Crippen molar-refractivity contribution in [1.82, 2.24) is 9.78 Å². The number of hydrogen-bond donors (Lipinski definition) is 1. The van der Waals surface area contributed by atoms with Crippen LogP contribution in [0, 0.1) is 0 Å². The second kappa shape index (κ2) is 11.0. The first-order chi connectivity index (χ1) is 15.6. The van der Waals surface area contributed by atoms with Gasteiger partial charge < -0.3 is 19.5 Å². The zero-order chi connectivity index (χ0) is 22.9. The zero-order valence-corrected chi connectivity index (χ0v) is 18.5. The smallest absolute Gasteiger partial charge is 0.343 e. The lowest BCUT2D eigenvalue weighted by Gasteiger charge is -2.12. The molecule has 0 bridgehead atoms. The van der Waals surface area contributed by atoms with Crippen LogP contribution in [0.25, 0.3) is 5.69 Å². The second-order valence-corrected chi connectivity index (χ2v) is 6.84. The monoisotopic (exact) mass is 437 g/mol. The van der Waals surface area contributed by atoms with Gasteiger partial charge in [0, 0.05) is 6.42 Å². The number of carbonyl (C=O) groups excluding carboxylic acids is 2. The third-order valence-electron chi connectivity index (χ3n) is 4.69. The number of nitrogens with zero attached hydrogens (tertiary/aromatic N) is 2. The summed E-state index contributed by atoms with van der Waals surface area (Å²) >= 11 is 0. The van der Waals surface area contributed by atoms with Gasteiger partial charge in [-0.2, -0.15) is 5.10 Å². The van der Waals surface area contributed by atoms with Crippen LogP contribution in [-0.4, -0.2) is 42.0 Å². The van der Waals surface area contributed by atoms with Crippen molar-refractivity contribution in [3.8, 4) is 17.2 Å². The molecule has 0 atom stereocenters. The predicted octanol–water partition coefficient (Wildman–Crippen LogP) is 4.03. The maximum atomic E-state index is 12.8. The van der Waals surface area contributed by atoms with Crippen molar-refractivity contribution in [3.05, 3.63) is 65.9 Å². The summed E-state index contributed by atoms with van der Waals surface area (Å²) in [6, 6.07) is 14.8. The van der Waals surface area contributed by atoms with E-state index < -0.39 is 5.97 Å². The van der Waals surface area contributed by atoms with Crippen molar-refractivity contribution in [2.45, 2.75) is 26.7 Å². The van der Waals surface area contributed by atoms with E-state index in [4.69, 9.17) is 14.2 Å². The Morgan fingerprint density at radius 1 is 1.03 bits per heavy atom. The first kappa shape index (κ1) is 22.9. The van der Waals surface area contributed by atoms with Gasteiger partial charge in [0.15, 0.2) is 17.3 Å². The Labute approximate surface area is 187 Å². The highest BCUT2D eigenvalue weighted by molar-refractivity contribution is 6.00. The van der Waals surface area contributed by atoms with Gasteiger partial charge in [0.25, 0.3) is 0 Å². The molecular formula is C24H27N3O5. The van der Waals surface area contributed by atoms with Crippen LogP contribution >= 0.6 is 0 Å². The fraction of sp³-hybridized carbons (Fsp3) is 0.292. The summed E-state index contributed by atoms with van der Waals surface area (Å²) in [6.45, 7) is 4.39. The summed E-state index contributed by atoms with van der Waals surface area (Å²) < 4.78 is 17.5. The van der Waals surface area contributed by atoms with Gasteiger partial charge in [-0.25, -0.2) is 9.48 Å². The van der Waals surface area contributed by atoms with Crippen LogP contribution < -0.4 is 14.8 Å². The Balaban J connectivity index is 1.77. The Morgan fingerprint density at radius 3 is 2.50 bits per heavy atom. The van der Waals surface area contributed by atoms with Crippen LogP contribution in [-0.2, 0) is 16.0 Å². The fourth-order valence-corrected chi connectivity index (χ4v) is 3.19. The van der Waals surface area contributed by atoms with E-state index in [-0.39, 0.29) is 30.3 Å². The highest BCUT2D eigenvalue weighted by Gasteiger charge is 2.21. The third-order valence-corrected chi connectivity index (χ3v) is 4.69. The number of aryl methyl sites for hydroxylation is 1. The van der Waals surface area contributed by atoms with Gasteiger partial charge in [0.05, 0.1) is 32.2 Å². The van der Waals surface area contributed by atoms with E-state index in [1.165, 1.54) is 10.9 Å². The molecule has 1 N–H and O–H groups in total. The van der Waals surface area contributed by atoms with Gasteiger partial charge in [-0.05, 0) is 50.1 Å². The van der Waals surface area contributed by atoms with Crippen LogP contribution in [0.5, 0.6) is 11.5 Å². The Hall–Kier alpha value is -3.81. The van der Waals surface area contributed by atoms with E-state index in [0.717, 1.165) is 11.3 Å². The largest absolute Gasteiger partial charge is 0.493 e. The molecule has 0 aliphatic heterocycles. The standard InChI is InChI=1S/C24H27N3O5/c1-4-31-20-13-11-17(15-21(20)30-3)12-14-22(28)26-23-19(24(29)32-5-2)16-25-27(23)18-9-7-6-8-10-18/h6-11,13,15-16H,4-5,12,14H2,1-3H3,(H,26,28). The van der Waals surface area contributed by atoms with Crippen molar-refractivity contribution in [2.24, 2.45) is 0 Å². The lowest BCUT2D eigenvalue weighted by Crippen LogP contribution is -2.18. The summed E-state index contributed by atoms with van der Waals surface area (Å²) in [5.74, 6) is 0.775. The molecule has 0 spiro atoms. The number of carbonyl (C=O) groups is 2. The number of esters is 1. The van der Waals surface area contributed by atoms with E-state index in [9.17, 15) is 9.59 Å². The molecule has 8 nitrogen and oxygen atoms in total. The van der Waals surface area contributed by atoms with E-state index in [1.54, 1.807) is 14.0 Å². The van der Waals surface area contributed by atoms with Crippen LogP contribution in [0.2, 0.25) is 0 Å². The first-order valence-corrected chi connectivity index (χ1v) is 10.5. The number of aromatic nitrogens is 2. The maximum Gasteiger partial charge on any atom is 0.343 e. The minimum Gasteiger partial charge on any atom is -0.493 e. The molecule has 0 fully saturated rings. The molecule has 1 aromatic heterocycles. The number of rotatable bonds is 10. The highest BCUT2D eigenvalue weighted by atomic mass is 16.5. The SMILES string of the molecule is CCOC(=O)c1cnn(-c2ccccc2)c1NC(=O)CCc1ccc(OCC)c(OC)c1. The summed E-state index contributed by atoms with van der Waals surface area (Å²) in [6.07, 6.45) is 2.10. The first-order valence-electron chi connectivity index (χ1n) is 10.5. The van der Waals surface area contributed by atoms with Gasteiger partial charge >= 0.3 is 5.97 Å². The number of benzene rings is 2. The molecule has 2 aromatic carbocycles. The maximum absolute atomic E-state index is 12.8. The van der Waals surface area contributed by atoms with E-state index >= 15 is 0 Å². The van der Waals surface area contributed by atoms with Gasteiger partial charge in [-0.15, -0.1) is 0 Å². The van der Waals surface area contributed by atoms with Crippen molar-refractivity contribution in [1.29, 1.82) is 0 Å². The molecule has 0 radical (unpaired) electrons. The zero-order valence-electron chi connectivity index (χ0n) is 18.5. The van der Waals surface area contributed by atoms with E-state index in [1.807, 2.05) is 55.5 Å². The summed E-state index contributed by atoms with van der Waals surface area (Å²) in [4.78, 5) is 25.1. The van der Waals surface area contributed by atoms with Crippen LogP contribution in [0.15, 0.2) is 54.7 Å². The quantitative estimate of drug-likeness (QED) is 0.482. The molecule has 168 valence electrons. The number of amides is 1. The molecule has 0 aliphatic rings. The average molecular weight is 437 g/mol. The molecule has 3 aromatic rings. The van der Waals surface area contributed by atoms with Gasteiger partial charge in [0.2, 0.25) is 5.91 Å². The number of methoxy groups -OCH3 is 1. The van der Waals surface area contributed by atoms with E-state index in [0.29, 0.717) is 24.5 Å². The summed E-state index contributed by atoms with van der Waals surface area (Å²) in [7, 11) is 1.58. The number of anilines is 1. The molecule has 8 heteroatoms. The van der Waals surface area contributed by atoms with Crippen molar-refractivity contribution in [2.75, 3.05) is 25.6 Å². The molecule has 0 aliphatic carbocycles.